The first kappa shape index (κ1) is 18.8. The Morgan fingerprint density at radius 2 is 1.33 bits per heavy atom. The maximum atomic E-state index is 5.76. The third-order valence-electron chi connectivity index (χ3n) is 4.34. The molecule has 0 bridgehead atoms. The molecule has 0 amide bonds. The van der Waals surface area contributed by atoms with Gasteiger partial charge in [-0.1, -0.05) is 53.5 Å². The fourth-order valence-electron chi connectivity index (χ4n) is 3.33. The lowest BCUT2D eigenvalue weighted by Gasteiger charge is -2.21. The van der Waals surface area contributed by atoms with E-state index in [4.69, 9.17) is 9.47 Å². The largest absolute Gasteiger partial charge is 0.496 e. The van der Waals surface area contributed by atoms with Gasteiger partial charge in [0.1, 0.15) is 11.5 Å². The molecule has 0 heterocycles. The molecule has 0 aliphatic heterocycles. The van der Waals surface area contributed by atoms with E-state index in [0.717, 1.165) is 37.2 Å². The molecule has 0 aromatic heterocycles. The number of benzene rings is 2. The minimum absolute atomic E-state index is 0.651. The number of hydrogen-bond acceptors (Lipinski definition) is 2. The van der Waals surface area contributed by atoms with Gasteiger partial charge in [0.25, 0.3) is 0 Å². The zero-order valence-electron chi connectivity index (χ0n) is 15.5. The van der Waals surface area contributed by atoms with Crippen molar-refractivity contribution >= 4 is 13.9 Å². The average molecular weight is 344 g/mol. The Labute approximate surface area is 148 Å². The van der Waals surface area contributed by atoms with Crippen LogP contribution in [0.25, 0.3) is 11.1 Å². The van der Waals surface area contributed by atoms with Crippen molar-refractivity contribution in [3.63, 3.8) is 0 Å². The molecule has 0 fully saturated rings. The van der Waals surface area contributed by atoms with E-state index in [1.54, 1.807) is 14.2 Å². The summed E-state index contributed by atoms with van der Waals surface area (Å²) in [5, 5.41) is 1.26. The Balaban J connectivity index is 2.83. The van der Waals surface area contributed by atoms with E-state index >= 15 is 0 Å². The van der Waals surface area contributed by atoms with Gasteiger partial charge in [-0.2, -0.15) is 0 Å². The van der Waals surface area contributed by atoms with E-state index in [-0.39, 0.29) is 0 Å². The molecular weight excluding hydrogens is 315 g/mol. The normalized spacial score (nSPS) is 11.2. The van der Waals surface area contributed by atoms with Crippen molar-refractivity contribution < 1.29 is 9.47 Å². The SMILES string of the molecule is CCCc1cccc(CCC)c1-c1c(OC)ccc(OC)c1PC. The van der Waals surface area contributed by atoms with Crippen molar-refractivity contribution in [2.45, 2.75) is 39.5 Å². The molecule has 2 rings (SSSR count). The van der Waals surface area contributed by atoms with Crippen molar-refractivity contribution in [1.29, 1.82) is 0 Å². The molecule has 3 heteroatoms. The Bertz CT molecular complexity index is 656. The molecular formula is C21H29O2P. The topological polar surface area (TPSA) is 18.5 Å². The van der Waals surface area contributed by atoms with Gasteiger partial charge in [-0.05, 0) is 48.3 Å². The molecule has 0 radical (unpaired) electrons. The third kappa shape index (κ3) is 3.75. The highest BCUT2D eigenvalue weighted by Crippen LogP contribution is 2.39. The van der Waals surface area contributed by atoms with Crippen LogP contribution in [-0.4, -0.2) is 20.9 Å². The molecule has 0 spiro atoms. The Morgan fingerprint density at radius 3 is 1.79 bits per heavy atom. The maximum Gasteiger partial charge on any atom is 0.127 e. The summed E-state index contributed by atoms with van der Waals surface area (Å²) < 4.78 is 11.4. The predicted octanol–water partition coefficient (Wildman–Crippen LogP) is 5.21. The lowest BCUT2D eigenvalue weighted by atomic mass is 9.89. The van der Waals surface area contributed by atoms with Crippen molar-refractivity contribution in [3.05, 3.63) is 41.5 Å². The highest BCUT2D eigenvalue weighted by atomic mass is 31.1. The first-order chi connectivity index (χ1) is 11.7. The van der Waals surface area contributed by atoms with Crippen molar-refractivity contribution in [2.75, 3.05) is 20.9 Å². The van der Waals surface area contributed by atoms with E-state index in [2.05, 4.69) is 38.7 Å². The maximum absolute atomic E-state index is 5.76. The molecule has 24 heavy (non-hydrogen) atoms. The van der Waals surface area contributed by atoms with Gasteiger partial charge in [-0.3, -0.25) is 0 Å². The van der Waals surface area contributed by atoms with Gasteiger partial charge in [-0.25, -0.2) is 0 Å². The van der Waals surface area contributed by atoms with E-state index < -0.39 is 0 Å². The summed E-state index contributed by atoms with van der Waals surface area (Å²) >= 11 is 0. The first-order valence-electron chi connectivity index (χ1n) is 8.75. The first-order valence-corrected chi connectivity index (χ1v) is 10.3. The van der Waals surface area contributed by atoms with E-state index in [1.807, 2.05) is 12.1 Å². The highest BCUT2D eigenvalue weighted by Gasteiger charge is 2.20. The van der Waals surface area contributed by atoms with Gasteiger partial charge in [0.15, 0.2) is 0 Å². The lowest BCUT2D eigenvalue weighted by molar-refractivity contribution is 0.407. The van der Waals surface area contributed by atoms with Gasteiger partial charge >= 0.3 is 0 Å². The summed E-state index contributed by atoms with van der Waals surface area (Å²) in [5.74, 6) is 1.90. The number of aryl methyl sites for hydroxylation is 2. The highest BCUT2D eigenvalue weighted by molar-refractivity contribution is 7.47. The molecule has 1 atom stereocenters. The second kappa shape index (κ2) is 9.08. The van der Waals surface area contributed by atoms with Crippen LogP contribution in [0.15, 0.2) is 30.3 Å². The van der Waals surface area contributed by atoms with Crippen molar-refractivity contribution in [3.8, 4) is 22.6 Å². The van der Waals surface area contributed by atoms with Crippen LogP contribution < -0.4 is 14.8 Å². The van der Waals surface area contributed by atoms with Gasteiger partial charge in [0, 0.05) is 10.9 Å². The van der Waals surface area contributed by atoms with E-state index in [0.29, 0.717) is 8.58 Å². The van der Waals surface area contributed by atoms with Crippen LogP contribution in [0.3, 0.4) is 0 Å². The van der Waals surface area contributed by atoms with Crippen LogP contribution in [0, 0.1) is 0 Å². The molecule has 0 saturated carbocycles. The lowest BCUT2D eigenvalue weighted by Crippen LogP contribution is -2.10. The summed E-state index contributed by atoms with van der Waals surface area (Å²) in [6.07, 6.45) is 4.44. The molecule has 0 N–H and O–H groups in total. The van der Waals surface area contributed by atoms with Gasteiger partial charge in [-0.15, -0.1) is 0 Å². The monoisotopic (exact) mass is 344 g/mol. The molecule has 0 aliphatic carbocycles. The van der Waals surface area contributed by atoms with Crippen molar-refractivity contribution in [2.24, 2.45) is 0 Å². The summed E-state index contributed by atoms with van der Waals surface area (Å²) in [6.45, 7) is 6.69. The predicted molar refractivity (Wildman–Crippen MR) is 107 cm³/mol. The Kier molecular flexibility index (Phi) is 7.12. The molecule has 2 nitrogen and oxygen atoms in total. The zero-order chi connectivity index (χ0) is 17.5. The second-order valence-corrected chi connectivity index (χ2v) is 6.92. The van der Waals surface area contributed by atoms with E-state index in [1.165, 1.54) is 27.6 Å². The number of hydrogen-bond donors (Lipinski definition) is 0. The van der Waals surface area contributed by atoms with Crippen LogP contribution >= 0.6 is 8.58 Å². The van der Waals surface area contributed by atoms with Crippen molar-refractivity contribution in [1.82, 2.24) is 0 Å². The van der Waals surface area contributed by atoms with Crippen LogP contribution in [-0.2, 0) is 12.8 Å². The van der Waals surface area contributed by atoms with Crippen LogP contribution in [0.5, 0.6) is 11.5 Å². The standard InChI is InChI=1S/C21H29O2P/c1-6-9-15-11-8-12-16(10-7-2)19(15)20-17(22-3)13-14-18(23-4)21(20)24-5/h8,11-14,24H,6-7,9-10H2,1-5H3. The minimum Gasteiger partial charge on any atom is -0.496 e. The minimum atomic E-state index is 0.651. The molecule has 130 valence electrons. The Morgan fingerprint density at radius 1 is 0.792 bits per heavy atom. The summed E-state index contributed by atoms with van der Waals surface area (Å²) in [4.78, 5) is 0. The number of rotatable bonds is 8. The van der Waals surface area contributed by atoms with Crippen LogP contribution in [0.4, 0.5) is 0 Å². The molecule has 2 aromatic rings. The third-order valence-corrected chi connectivity index (χ3v) is 5.34. The van der Waals surface area contributed by atoms with Gasteiger partial charge < -0.3 is 9.47 Å². The smallest absolute Gasteiger partial charge is 0.127 e. The molecule has 0 aliphatic rings. The number of ether oxygens (including phenoxy) is 2. The zero-order valence-corrected chi connectivity index (χ0v) is 16.5. The molecule has 0 saturated heterocycles. The Hall–Kier alpha value is -1.53. The molecule has 2 aromatic carbocycles. The summed E-state index contributed by atoms with van der Waals surface area (Å²) in [5.41, 5.74) is 5.41. The van der Waals surface area contributed by atoms with Crippen LogP contribution in [0.1, 0.15) is 37.8 Å². The number of methoxy groups -OCH3 is 2. The van der Waals surface area contributed by atoms with Crippen LogP contribution in [0.2, 0.25) is 0 Å². The van der Waals surface area contributed by atoms with Gasteiger partial charge in [0.05, 0.1) is 14.2 Å². The summed E-state index contributed by atoms with van der Waals surface area (Å²) in [6, 6.07) is 10.8. The fourth-order valence-corrected chi connectivity index (χ4v) is 4.26. The quantitative estimate of drug-likeness (QED) is 0.612. The molecule has 1 unspecified atom stereocenters. The fraction of sp³-hybridized carbons (Fsp3) is 0.429. The average Bonchev–Trinajstić information content (AvgIpc) is 2.61. The summed E-state index contributed by atoms with van der Waals surface area (Å²) in [7, 11) is 4.16. The second-order valence-electron chi connectivity index (χ2n) is 5.92. The van der Waals surface area contributed by atoms with E-state index in [9.17, 15) is 0 Å². The van der Waals surface area contributed by atoms with Gasteiger partial charge in [0.2, 0.25) is 0 Å².